The van der Waals surface area contributed by atoms with E-state index >= 15 is 0 Å². The van der Waals surface area contributed by atoms with Crippen molar-refractivity contribution in [2.24, 2.45) is 0 Å². The first kappa shape index (κ1) is 13.0. The molecule has 0 saturated heterocycles. The van der Waals surface area contributed by atoms with E-state index in [1.54, 1.807) is 18.2 Å². The van der Waals surface area contributed by atoms with Crippen LogP contribution in [0.2, 0.25) is 5.02 Å². The van der Waals surface area contributed by atoms with Crippen LogP contribution in [-0.4, -0.2) is 19.5 Å². The topological polar surface area (TPSA) is 35.5 Å². The number of aldehydes is 1. The van der Waals surface area contributed by atoms with Gasteiger partial charge >= 0.3 is 0 Å². The van der Waals surface area contributed by atoms with Crippen molar-refractivity contribution in [3.8, 4) is 11.5 Å². The number of carbonyl (C=O) groups excluding carboxylic acids is 1. The molecule has 3 nitrogen and oxygen atoms in total. The molecule has 0 amide bonds. The first-order chi connectivity index (χ1) is 9.79. The van der Waals surface area contributed by atoms with Crippen LogP contribution in [0.25, 0.3) is 0 Å². The van der Waals surface area contributed by atoms with Gasteiger partial charge in [0.25, 0.3) is 0 Å². The van der Waals surface area contributed by atoms with Crippen LogP contribution in [-0.2, 0) is 0 Å². The minimum Gasteiger partial charge on any atom is -0.493 e. The summed E-state index contributed by atoms with van der Waals surface area (Å²) in [5.74, 6) is 1.59. The molecule has 0 fully saturated rings. The summed E-state index contributed by atoms with van der Waals surface area (Å²) >= 11 is 5.97. The van der Waals surface area contributed by atoms with Gasteiger partial charge in [-0.25, -0.2) is 0 Å². The summed E-state index contributed by atoms with van der Waals surface area (Å²) in [6, 6.07) is 13.1. The maximum absolute atomic E-state index is 11.1. The minimum absolute atomic E-state index is 0.171. The van der Waals surface area contributed by atoms with Crippen molar-refractivity contribution >= 4 is 17.9 Å². The Morgan fingerprint density at radius 1 is 1.25 bits per heavy atom. The molecular formula is C16H13ClO3. The second-order valence-corrected chi connectivity index (χ2v) is 5.03. The van der Waals surface area contributed by atoms with Crippen LogP contribution in [0, 0.1) is 0 Å². The summed E-state index contributed by atoms with van der Waals surface area (Å²) in [6.07, 6.45) is 0.719. The predicted octanol–water partition coefficient (Wildman–Crippen LogP) is 3.71. The van der Waals surface area contributed by atoms with Gasteiger partial charge in [-0.2, -0.15) is 0 Å². The van der Waals surface area contributed by atoms with E-state index in [1.165, 1.54) is 0 Å². The second-order valence-electron chi connectivity index (χ2n) is 4.63. The van der Waals surface area contributed by atoms with Gasteiger partial charge in [0.15, 0.2) is 6.29 Å². The van der Waals surface area contributed by atoms with Crippen LogP contribution in [0.4, 0.5) is 0 Å². The van der Waals surface area contributed by atoms with Crippen molar-refractivity contribution in [2.75, 3.05) is 13.2 Å². The molecule has 4 heteroatoms. The molecule has 2 aromatic rings. The van der Waals surface area contributed by atoms with Gasteiger partial charge in [0.2, 0.25) is 0 Å². The molecule has 0 N–H and O–H groups in total. The normalized spacial score (nSPS) is 16.4. The first-order valence-electron chi connectivity index (χ1n) is 6.38. The highest BCUT2D eigenvalue weighted by Crippen LogP contribution is 2.34. The SMILES string of the molecule is O=Cc1c(Cl)cccc1OCC1COc2ccccc21. The van der Waals surface area contributed by atoms with Crippen LogP contribution in [0.15, 0.2) is 42.5 Å². The Bertz CT molecular complexity index is 639. The molecule has 0 spiro atoms. The molecule has 1 aliphatic rings. The lowest BCUT2D eigenvalue weighted by atomic mass is 10.0. The Kier molecular flexibility index (Phi) is 3.61. The van der Waals surface area contributed by atoms with Gasteiger partial charge in [0.05, 0.1) is 29.7 Å². The first-order valence-corrected chi connectivity index (χ1v) is 6.75. The number of rotatable bonds is 4. The molecule has 0 aromatic heterocycles. The van der Waals surface area contributed by atoms with Crippen LogP contribution in [0.5, 0.6) is 11.5 Å². The van der Waals surface area contributed by atoms with Crippen molar-refractivity contribution in [1.82, 2.24) is 0 Å². The van der Waals surface area contributed by atoms with Gasteiger partial charge in [-0.3, -0.25) is 4.79 Å². The molecule has 1 heterocycles. The van der Waals surface area contributed by atoms with Crippen molar-refractivity contribution < 1.29 is 14.3 Å². The smallest absolute Gasteiger partial charge is 0.155 e. The lowest BCUT2D eigenvalue weighted by molar-refractivity contribution is 0.111. The monoisotopic (exact) mass is 288 g/mol. The van der Waals surface area contributed by atoms with E-state index < -0.39 is 0 Å². The van der Waals surface area contributed by atoms with E-state index in [2.05, 4.69) is 0 Å². The highest BCUT2D eigenvalue weighted by Gasteiger charge is 2.24. The van der Waals surface area contributed by atoms with Gasteiger partial charge in [0, 0.05) is 5.56 Å². The zero-order valence-electron chi connectivity index (χ0n) is 10.7. The summed E-state index contributed by atoms with van der Waals surface area (Å²) in [7, 11) is 0. The van der Waals surface area contributed by atoms with Crippen molar-refractivity contribution in [3.05, 3.63) is 58.6 Å². The lowest BCUT2D eigenvalue weighted by Crippen LogP contribution is -2.12. The van der Waals surface area contributed by atoms with Gasteiger partial charge in [-0.1, -0.05) is 35.9 Å². The molecule has 2 aromatic carbocycles. The fraction of sp³-hybridized carbons (Fsp3) is 0.188. The number of benzene rings is 2. The number of carbonyl (C=O) groups is 1. The number of halogens is 1. The summed E-state index contributed by atoms with van der Waals surface area (Å²) in [5, 5.41) is 0.403. The number of hydrogen-bond donors (Lipinski definition) is 0. The highest BCUT2D eigenvalue weighted by molar-refractivity contribution is 6.33. The van der Waals surface area contributed by atoms with Crippen LogP contribution < -0.4 is 9.47 Å². The molecule has 0 bridgehead atoms. The zero-order valence-corrected chi connectivity index (χ0v) is 11.5. The minimum atomic E-state index is 0.171. The van der Waals surface area contributed by atoms with Gasteiger partial charge in [-0.15, -0.1) is 0 Å². The third-order valence-electron chi connectivity index (χ3n) is 3.37. The van der Waals surface area contributed by atoms with E-state index in [9.17, 15) is 4.79 Å². The summed E-state index contributed by atoms with van der Waals surface area (Å²) in [5.41, 5.74) is 1.53. The maximum atomic E-state index is 11.1. The Balaban J connectivity index is 1.75. The summed E-state index contributed by atoms with van der Waals surface area (Å²) < 4.78 is 11.4. The molecule has 3 rings (SSSR count). The summed E-state index contributed by atoms with van der Waals surface area (Å²) in [6.45, 7) is 1.05. The number of para-hydroxylation sites is 1. The van der Waals surface area contributed by atoms with Gasteiger partial charge < -0.3 is 9.47 Å². The van der Waals surface area contributed by atoms with Crippen LogP contribution >= 0.6 is 11.6 Å². The van der Waals surface area contributed by atoms with Crippen molar-refractivity contribution in [2.45, 2.75) is 5.92 Å². The molecule has 0 saturated carbocycles. The quantitative estimate of drug-likeness (QED) is 0.805. The Morgan fingerprint density at radius 2 is 2.10 bits per heavy atom. The third-order valence-corrected chi connectivity index (χ3v) is 3.70. The lowest BCUT2D eigenvalue weighted by Gasteiger charge is -2.13. The van der Waals surface area contributed by atoms with Crippen molar-refractivity contribution in [1.29, 1.82) is 0 Å². The fourth-order valence-electron chi connectivity index (χ4n) is 2.32. The Labute approximate surface area is 122 Å². The highest BCUT2D eigenvalue weighted by atomic mass is 35.5. The van der Waals surface area contributed by atoms with Crippen LogP contribution in [0.1, 0.15) is 21.8 Å². The number of fused-ring (bicyclic) bond motifs is 1. The molecule has 1 aliphatic heterocycles. The molecule has 1 atom stereocenters. The molecule has 0 radical (unpaired) electrons. The number of hydrogen-bond acceptors (Lipinski definition) is 3. The van der Waals surface area contributed by atoms with Crippen molar-refractivity contribution in [3.63, 3.8) is 0 Å². The molecule has 20 heavy (non-hydrogen) atoms. The fourth-order valence-corrected chi connectivity index (χ4v) is 2.53. The van der Waals surface area contributed by atoms with Crippen LogP contribution in [0.3, 0.4) is 0 Å². The molecule has 0 aliphatic carbocycles. The number of ether oxygens (including phenoxy) is 2. The zero-order chi connectivity index (χ0) is 13.9. The molecule has 1 unspecified atom stereocenters. The molecular weight excluding hydrogens is 276 g/mol. The standard InChI is InChI=1S/C16H13ClO3/c17-14-5-3-7-16(13(14)8-18)20-10-11-9-19-15-6-2-1-4-12(11)15/h1-8,11H,9-10H2. The average Bonchev–Trinajstić information content (AvgIpc) is 2.88. The summed E-state index contributed by atoms with van der Waals surface area (Å²) in [4.78, 5) is 11.1. The van der Waals surface area contributed by atoms with Gasteiger partial charge in [0.1, 0.15) is 11.5 Å². The third kappa shape index (κ3) is 2.37. The maximum Gasteiger partial charge on any atom is 0.155 e. The Hall–Kier alpha value is -2.00. The largest absolute Gasteiger partial charge is 0.493 e. The molecule has 102 valence electrons. The average molecular weight is 289 g/mol. The van der Waals surface area contributed by atoms with E-state index in [0.29, 0.717) is 29.5 Å². The second kappa shape index (κ2) is 5.55. The van der Waals surface area contributed by atoms with E-state index in [1.807, 2.05) is 24.3 Å². The van der Waals surface area contributed by atoms with E-state index in [0.717, 1.165) is 17.6 Å². The Morgan fingerprint density at radius 3 is 2.95 bits per heavy atom. The van der Waals surface area contributed by atoms with E-state index in [-0.39, 0.29) is 5.92 Å². The van der Waals surface area contributed by atoms with E-state index in [4.69, 9.17) is 21.1 Å². The van der Waals surface area contributed by atoms with Gasteiger partial charge in [-0.05, 0) is 18.2 Å². The predicted molar refractivity (Wildman–Crippen MR) is 77.0 cm³/mol.